The molecule has 1 unspecified atom stereocenters. The van der Waals surface area contributed by atoms with Gasteiger partial charge < -0.3 is 4.90 Å². The highest BCUT2D eigenvalue weighted by molar-refractivity contribution is 7.91. The van der Waals surface area contributed by atoms with Crippen LogP contribution in [0.25, 0.3) is 10.6 Å². The van der Waals surface area contributed by atoms with E-state index in [1.807, 2.05) is 6.07 Å². The molecule has 11 heteroatoms. The van der Waals surface area contributed by atoms with Crippen LogP contribution in [0.1, 0.15) is 22.8 Å². The first-order valence-corrected chi connectivity index (χ1v) is 12.3. The second kappa shape index (κ2) is 8.88. The fraction of sp³-hybridized carbons (Fsp3) is 0.273. The van der Waals surface area contributed by atoms with Gasteiger partial charge in [-0.3, -0.25) is 9.78 Å². The molecule has 4 rings (SSSR count). The largest absolute Gasteiger partial charge is 0.418 e. The van der Waals surface area contributed by atoms with E-state index >= 15 is 0 Å². The van der Waals surface area contributed by atoms with Gasteiger partial charge in [0.25, 0.3) is 15.9 Å². The van der Waals surface area contributed by atoms with Gasteiger partial charge in [-0.05, 0) is 43.3 Å². The van der Waals surface area contributed by atoms with Crippen molar-refractivity contribution >= 4 is 27.3 Å². The normalized spacial score (nSPS) is 17.8. The van der Waals surface area contributed by atoms with Crippen molar-refractivity contribution in [3.05, 3.63) is 71.9 Å². The molecule has 1 aliphatic heterocycles. The average molecular weight is 496 g/mol. The summed E-state index contributed by atoms with van der Waals surface area (Å²) in [5.74, 6) is -0.173. The van der Waals surface area contributed by atoms with Gasteiger partial charge in [-0.2, -0.15) is 17.5 Å². The molecule has 174 valence electrons. The smallest absolute Gasteiger partial charge is 0.336 e. The number of aromatic nitrogens is 1. The zero-order chi connectivity index (χ0) is 23.8. The molecule has 33 heavy (non-hydrogen) atoms. The number of rotatable bonds is 4. The van der Waals surface area contributed by atoms with Gasteiger partial charge in [0, 0.05) is 37.4 Å². The molecule has 6 nitrogen and oxygen atoms in total. The average Bonchev–Trinajstić information content (AvgIpc) is 3.29. The summed E-state index contributed by atoms with van der Waals surface area (Å²) in [6, 6.07) is 13.0. The number of carbonyl (C=O) groups is 1. The summed E-state index contributed by atoms with van der Waals surface area (Å²) >= 11 is 0.750. The third kappa shape index (κ3) is 4.66. The number of amides is 1. The molecule has 3 aromatic rings. The lowest BCUT2D eigenvalue weighted by Crippen LogP contribution is -2.55. The molecule has 0 aliphatic carbocycles. The minimum Gasteiger partial charge on any atom is -0.336 e. The first kappa shape index (κ1) is 23.4. The first-order valence-electron chi connectivity index (χ1n) is 10.1. The van der Waals surface area contributed by atoms with Crippen LogP contribution in [0.5, 0.6) is 0 Å². The maximum atomic E-state index is 13.3. The summed E-state index contributed by atoms with van der Waals surface area (Å²) in [4.78, 5) is 18.3. The van der Waals surface area contributed by atoms with E-state index in [1.54, 1.807) is 36.1 Å². The molecule has 1 fully saturated rings. The van der Waals surface area contributed by atoms with Gasteiger partial charge in [0.05, 0.1) is 16.1 Å². The highest BCUT2D eigenvalue weighted by Gasteiger charge is 2.38. The minimum atomic E-state index is -4.61. The van der Waals surface area contributed by atoms with Crippen LogP contribution in [0.3, 0.4) is 0 Å². The van der Waals surface area contributed by atoms with Crippen LogP contribution in [0.15, 0.2) is 65.0 Å². The van der Waals surface area contributed by atoms with E-state index in [1.165, 1.54) is 28.7 Å². The lowest BCUT2D eigenvalue weighted by molar-refractivity contribution is -0.137. The number of piperazine rings is 1. The number of alkyl halides is 3. The maximum Gasteiger partial charge on any atom is 0.418 e. The number of thiophene rings is 1. The summed E-state index contributed by atoms with van der Waals surface area (Å²) in [6.45, 7) is 2.22. The molecular weight excluding hydrogens is 475 g/mol. The van der Waals surface area contributed by atoms with Gasteiger partial charge in [-0.25, -0.2) is 8.42 Å². The number of halogens is 3. The zero-order valence-electron chi connectivity index (χ0n) is 17.5. The van der Waals surface area contributed by atoms with Crippen molar-refractivity contribution in [3.63, 3.8) is 0 Å². The molecule has 1 aromatic carbocycles. The van der Waals surface area contributed by atoms with Crippen molar-refractivity contribution in [2.45, 2.75) is 23.4 Å². The third-order valence-corrected chi connectivity index (χ3v) is 8.94. The summed E-state index contributed by atoms with van der Waals surface area (Å²) in [6.07, 6.45) is -3.37. The maximum absolute atomic E-state index is 13.3. The lowest BCUT2D eigenvalue weighted by Gasteiger charge is -2.38. The van der Waals surface area contributed by atoms with E-state index in [0.717, 1.165) is 17.4 Å². The minimum absolute atomic E-state index is 0.0639. The van der Waals surface area contributed by atoms with Crippen LogP contribution < -0.4 is 0 Å². The number of nitrogens with zero attached hydrogens (tertiary/aromatic N) is 3. The molecule has 3 heterocycles. The molecule has 0 N–H and O–H groups in total. The summed E-state index contributed by atoms with van der Waals surface area (Å²) in [5, 5.41) is 0. The molecule has 2 aromatic heterocycles. The number of hydrogen-bond acceptors (Lipinski definition) is 5. The molecule has 0 spiro atoms. The van der Waals surface area contributed by atoms with Crippen molar-refractivity contribution in [2.24, 2.45) is 0 Å². The van der Waals surface area contributed by atoms with E-state index in [2.05, 4.69) is 4.98 Å². The molecule has 0 saturated carbocycles. The van der Waals surface area contributed by atoms with E-state index in [9.17, 15) is 26.4 Å². The van der Waals surface area contributed by atoms with Crippen LogP contribution in [-0.2, 0) is 16.2 Å². The van der Waals surface area contributed by atoms with Crippen molar-refractivity contribution in [1.82, 2.24) is 14.2 Å². The van der Waals surface area contributed by atoms with Gasteiger partial charge >= 0.3 is 6.18 Å². The van der Waals surface area contributed by atoms with Crippen molar-refractivity contribution in [1.29, 1.82) is 0 Å². The van der Waals surface area contributed by atoms with Gasteiger partial charge in [-0.15, -0.1) is 11.3 Å². The Morgan fingerprint density at radius 2 is 1.79 bits per heavy atom. The fourth-order valence-electron chi connectivity index (χ4n) is 3.78. The van der Waals surface area contributed by atoms with E-state index in [0.29, 0.717) is 5.56 Å². The fourth-order valence-corrected chi connectivity index (χ4v) is 6.84. The summed E-state index contributed by atoms with van der Waals surface area (Å²) < 4.78 is 67.8. The second-order valence-electron chi connectivity index (χ2n) is 7.60. The van der Waals surface area contributed by atoms with E-state index < -0.39 is 27.8 Å². The van der Waals surface area contributed by atoms with E-state index in [4.69, 9.17) is 0 Å². The van der Waals surface area contributed by atoms with Crippen LogP contribution >= 0.6 is 11.3 Å². The predicted molar refractivity (Wildman–Crippen MR) is 118 cm³/mol. The first-order chi connectivity index (χ1) is 15.6. The topological polar surface area (TPSA) is 70.6 Å². The van der Waals surface area contributed by atoms with Crippen LogP contribution in [0.4, 0.5) is 13.2 Å². The Kier molecular flexibility index (Phi) is 6.30. The SMILES string of the molecule is CC1CN(C(=O)c2ccccc2)CCN1S(=O)(=O)c1ccc(-c2ncccc2C(F)(F)F)s1. The van der Waals surface area contributed by atoms with Crippen molar-refractivity contribution < 1.29 is 26.4 Å². The van der Waals surface area contributed by atoms with Crippen LogP contribution in [-0.4, -0.2) is 54.2 Å². The molecule has 0 bridgehead atoms. The summed E-state index contributed by atoms with van der Waals surface area (Å²) in [7, 11) is -3.96. The van der Waals surface area contributed by atoms with Gasteiger partial charge in [0.2, 0.25) is 0 Å². The highest BCUT2D eigenvalue weighted by atomic mass is 32.2. The summed E-state index contributed by atoms with van der Waals surface area (Å²) in [5.41, 5.74) is -0.695. The van der Waals surface area contributed by atoms with Crippen LogP contribution in [0, 0.1) is 0 Å². The lowest BCUT2D eigenvalue weighted by atomic mass is 10.1. The zero-order valence-corrected chi connectivity index (χ0v) is 19.1. The Bertz CT molecular complexity index is 1260. The van der Waals surface area contributed by atoms with Gasteiger partial charge in [-0.1, -0.05) is 18.2 Å². The van der Waals surface area contributed by atoms with Crippen molar-refractivity contribution in [2.75, 3.05) is 19.6 Å². The van der Waals surface area contributed by atoms with Crippen molar-refractivity contribution in [3.8, 4) is 10.6 Å². The van der Waals surface area contributed by atoms with Gasteiger partial charge in [0.15, 0.2) is 0 Å². The Morgan fingerprint density at radius 1 is 1.06 bits per heavy atom. The quantitative estimate of drug-likeness (QED) is 0.539. The number of benzene rings is 1. The predicted octanol–water partition coefficient (Wildman–Crippen LogP) is 4.36. The van der Waals surface area contributed by atoms with Gasteiger partial charge in [0.1, 0.15) is 4.21 Å². The Labute approximate surface area is 193 Å². The Balaban J connectivity index is 1.55. The number of hydrogen-bond donors (Lipinski definition) is 0. The van der Waals surface area contributed by atoms with Crippen LogP contribution in [0.2, 0.25) is 0 Å². The standard InChI is InChI=1S/C22H20F3N3O3S2/c1-15-14-27(21(29)16-6-3-2-4-7-16)12-13-28(15)33(30,31)19-10-9-18(32-19)20-17(22(23,24)25)8-5-11-26-20/h2-11,15H,12-14H2,1H3. The highest BCUT2D eigenvalue weighted by Crippen LogP contribution is 2.39. The molecule has 0 radical (unpaired) electrons. The molecule has 1 aliphatic rings. The Hall–Kier alpha value is -2.76. The Morgan fingerprint density at radius 3 is 2.45 bits per heavy atom. The second-order valence-corrected chi connectivity index (χ2v) is 10.8. The number of pyridine rings is 1. The monoisotopic (exact) mass is 495 g/mol. The molecule has 1 saturated heterocycles. The number of carbonyl (C=O) groups excluding carboxylic acids is 1. The molecule has 1 atom stereocenters. The molecule has 1 amide bonds. The molecular formula is C22H20F3N3O3S2. The number of sulfonamides is 1. The van der Waals surface area contributed by atoms with E-state index in [-0.39, 0.29) is 40.3 Å². The third-order valence-electron chi connectivity index (χ3n) is 5.37.